The molecule has 2 heterocycles. The van der Waals surface area contributed by atoms with Gasteiger partial charge in [0.1, 0.15) is 0 Å². The van der Waals surface area contributed by atoms with Crippen LogP contribution in [0.1, 0.15) is 48.3 Å². The summed E-state index contributed by atoms with van der Waals surface area (Å²) in [4.78, 5) is 33.8. The first kappa shape index (κ1) is 22.8. The summed E-state index contributed by atoms with van der Waals surface area (Å²) in [6, 6.07) is 5.46. The first-order valence-electron chi connectivity index (χ1n) is 11.5. The Morgan fingerprint density at radius 3 is 2.84 bits per heavy atom. The van der Waals surface area contributed by atoms with Crippen molar-refractivity contribution in [2.45, 2.75) is 45.6 Å². The third-order valence-electron chi connectivity index (χ3n) is 6.54. The number of carbonyl (C=O) groups is 2. The molecule has 0 saturated carbocycles. The summed E-state index contributed by atoms with van der Waals surface area (Å²) in [5.41, 5.74) is 9.32. The van der Waals surface area contributed by atoms with Crippen LogP contribution in [0.4, 0.5) is 4.79 Å². The van der Waals surface area contributed by atoms with Crippen LogP contribution in [0.3, 0.4) is 0 Å². The summed E-state index contributed by atoms with van der Waals surface area (Å²) in [6.07, 6.45) is 3.23. The van der Waals surface area contributed by atoms with E-state index in [9.17, 15) is 9.59 Å². The van der Waals surface area contributed by atoms with Gasteiger partial charge >= 0.3 is 6.09 Å². The Balaban J connectivity index is 1.53. The summed E-state index contributed by atoms with van der Waals surface area (Å²) in [7, 11) is 0. The van der Waals surface area contributed by atoms with E-state index in [2.05, 4.69) is 0 Å². The first-order valence-corrected chi connectivity index (χ1v) is 11.8. The number of piperazine rings is 1. The molecular formula is C24H31ClN4O3. The normalized spacial score (nSPS) is 20.9. The molecule has 2 N–H and O–H groups in total. The van der Waals surface area contributed by atoms with Gasteiger partial charge in [0, 0.05) is 42.3 Å². The van der Waals surface area contributed by atoms with Gasteiger partial charge in [0.25, 0.3) is 5.91 Å². The minimum absolute atomic E-state index is 0.0588. The van der Waals surface area contributed by atoms with Gasteiger partial charge in [-0.15, -0.1) is 0 Å². The molecular weight excluding hydrogens is 428 g/mol. The van der Waals surface area contributed by atoms with Crippen LogP contribution in [0, 0.1) is 5.92 Å². The van der Waals surface area contributed by atoms with Gasteiger partial charge in [0.05, 0.1) is 17.1 Å². The monoisotopic (exact) mass is 458 g/mol. The Morgan fingerprint density at radius 2 is 2.12 bits per heavy atom. The zero-order valence-corrected chi connectivity index (χ0v) is 19.5. The number of pyridine rings is 1. The van der Waals surface area contributed by atoms with E-state index in [1.807, 2.05) is 36.9 Å². The van der Waals surface area contributed by atoms with E-state index < -0.39 is 0 Å². The van der Waals surface area contributed by atoms with Crippen LogP contribution >= 0.6 is 11.6 Å². The van der Waals surface area contributed by atoms with Crippen molar-refractivity contribution < 1.29 is 14.3 Å². The topological polar surface area (TPSA) is 88.8 Å². The van der Waals surface area contributed by atoms with Crippen molar-refractivity contribution in [2.75, 3.05) is 32.8 Å². The number of nitrogens with two attached hydrogens (primary N) is 1. The van der Waals surface area contributed by atoms with E-state index in [-0.39, 0.29) is 18.0 Å². The lowest BCUT2D eigenvalue weighted by Gasteiger charge is -2.39. The highest BCUT2D eigenvalue weighted by atomic mass is 35.5. The number of hydrogen-bond acceptors (Lipinski definition) is 5. The highest BCUT2D eigenvalue weighted by molar-refractivity contribution is 6.36. The molecule has 8 heteroatoms. The molecule has 4 rings (SSSR count). The van der Waals surface area contributed by atoms with Gasteiger partial charge in [-0.25, -0.2) is 4.79 Å². The van der Waals surface area contributed by atoms with Crippen LogP contribution < -0.4 is 5.73 Å². The second-order valence-electron chi connectivity index (χ2n) is 8.84. The number of aromatic nitrogens is 1. The highest BCUT2D eigenvalue weighted by Crippen LogP contribution is 2.35. The van der Waals surface area contributed by atoms with E-state index in [0.717, 1.165) is 52.9 Å². The van der Waals surface area contributed by atoms with Crippen molar-refractivity contribution in [3.63, 3.8) is 0 Å². The molecule has 172 valence electrons. The molecule has 2 aromatic rings. The Labute approximate surface area is 193 Å². The summed E-state index contributed by atoms with van der Waals surface area (Å²) in [6.45, 7) is 6.36. The molecule has 1 saturated heterocycles. The average Bonchev–Trinajstić information content (AvgIpc) is 2.81. The maximum Gasteiger partial charge on any atom is 0.409 e. The number of fused-ring (bicyclic) bond motifs is 2. The lowest BCUT2D eigenvalue weighted by Crippen LogP contribution is -2.55. The van der Waals surface area contributed by atoms with E-state index in [4.69, 9.17) is 27.1 Å². The summed E-state index contributed by atoms with van der Waals surface area (Å²) >= 11 is 6.72. The number of halogens is 1. The fourth-order valence-electron chi connectivity index (χ4n) is 4.66. The molecule has 1 aliphatic heterocycles. The van der Waals surface area contributed by atoms with Crippen molar-refractivity contribution >= 4 is 34.5 Å². The molecule has 2 unspecified atom stereocenters. The van der Waals surface area contributed by atoms with Crippen molar-refractivity contribution in [3.8, 4) is 0 Å². The van der Waals surface area contributed by atoms with Crippen molar-refractivity contribution in [1.82, 2.24) is 14.8 Å². The molecule has 32 heavy (non-hydrogen) atoms. The second-order valence-corrected chi connectivity index (χ2v) is 9.21. The minimum atomic E-state index is -0.309. The van der Waals surface area contributed by atoms with E-state index in [1.54, 1.807) is 4.90 Å². The number of benzene rings is 1. The Morgan fingerprint density at radius 1 is 1.31 bits per heavy atom. The average molecular weight is 459 g/mol. The largest absolute Gasteiger partial charge is 0.449 e. The van der Waals surface area contributed by atoms with Crippen LogP contribution in [0.5, 0.6) is 0 Å². The van der Waals surface area contributed by atoms with Gasteiger partial charge in [-0.2, -0.15) is 0 Å². The SMILES string of the molecule is CCCOC(=O)N1CCN(C(=O)c2ccc3c(Cl)c4c(nc3c2)CC(CN)CC4)C(C)C1. The van der Waals surface area contributed by atoms with Gasteiger partial charge in [-0.3, -0.25) is 9.78 Å². The summed E-state index contributed by atoms with van der Waals surface area (Å²) in [5, 5.41) is 1.62. The molecule has 0 bridgehead atoms. The van der Waals surface area contributed by atoms with Gasteiger partial charge in [-0.1, -0.05) is 24.6 Å². The first-order chi connectivity index (χ1) is 15.4. The van der Waals surface area contributed by atoms with Gasteiger partial charge in [-0.05, 0) is 62.8 Å². The van der Waals surface area contributed by atoms with Crippen LogP contribution in [-0.2, 0) is 17.6 Å². The molecule has 2 amide bonds. The maximum atomic E-state index is 13.3. The van der Waals surface area contributed by atoms with Gasteiger partial charge in [0.2, 0.25) is 0 Å². The number of nitrogens with zero attached hydrogens (tertiary/aromatic N) is 3. The number of carbonyl (C=O) groups excluding carboxylic acids is 2. The maximum absolute atomic E-state index is 13.3. The van der Waals surface area contributed by atoms with Crippen LogP contribution in [0.15, 0.2) is 18.2 Å². The van der Waals surface area contributed by atoms with E-state index >= 15 is 0 Å². The molecule has 2 atom stereocenters. The predicted octanol–water partition coefficient (Wildman–Crippen LogP) is 3.64. The Hall–Kier alpha value is -2.38. The lowest BCUT2D eigenvalue weighted by atomic mass is 9.86. The third-order valence-corrected chi connectivity index (χ3v) is 6.98. The molecule has 1 fully saturated rings. The van der Waals surface area contributed by atoms with Crippen molar-refractivity contribution in [2.24, 2.45) is 11.7 Å². The third kappa shape index (κ3) is 4.41. The number of rotatable bonds is 4. The van der Waals surface area contributed by atoms with E-state index in [0.29, 0.717) is 44.3 Å². The standard InChI is InChI=1S/C24H31ClN4O3/c1-3-10-32-24(31)28-8-9-29(15(2)14-28)23(30)17-5-7-19-21(12-17)27-20-11-16(13-26)4-6-18(20)22(19)25/h5,7,12,15-16H,3-4,6,8-11,13-14,26H2,1-2H3. The molecule has 1 aromatic carbocycles. The zero-order valence-electron chi connectivity index (χ0n) is 18.8. The zero-order chi connectivity index (χ0) is 22.8. The molecule has 1 aliphatic carbocycles. The molecule has 7 nitrogen and oxygen atoms in total. The van der Waals surface area contributed by atoms with Gasteiger partial charge < -0.3 is 20.3 Å². The molecule has 1 aromatic heterocycles. The number of ether oxygens (including phenoxy) is 1. The van der Waals surface area contributed by atoms with Crippen LogP contribution in [-0.4, -0.2) is 65.6 Å². The Bertz CT molecular complexity index is 1030. The van der Waals surface area contributed by atoms with Crippen LogP contribution in [0.2, 0.25) is 5.02 Å². The van der Waals surface area contributed by atoms with Crippen LogP contribution in [0.25, 0.3) is 10.9 Å². The highest BCUT2D eigenvalue weighted by Gasteiger charge is 2.31. The quantitative estimate of drug-likeness (QED) is 0.755. The number of hydrogen-bond donors (Lipinski definition) is 1. The van der Waals surface area contributed by atoms with E-state index in [1.165, 1.54) is 0 Å². The molecule has 2 aliphatic rings. The molecule has 0 radical (unpaired) electrons. The number of amides is 2. The second kappa shape index (κ2) is 9.63. The summed E-state index contributed by atoms with van der Waals surface area (Å²) < 4.78 is 5.23. The fraction of sp³-hybridized carbons (Fsp3) is 0.542. The van der Waals surface area contributed by atoms with Gasteiger partial charge in [0.15, 0.2) is 0 Å². The summed E-state index contributed by atoms with van der Waals surface area (Å²) in [5.74, 6) is 0.367. The smallest absolute Gasteiger partial charge is 0.409 e. The van der Waals surface area contributed by atoms with Crippen molar-refractivity contribution in [1.29, 1.82) is 0 Å². The minimum Gasteiger partial charge on any atom is -0.449 e. The predicted molar refractivity (Wildman–Crippen MR) is 125 cm³/mol. The lowest BCUT2D eigenvalue weighted by molar-refractivity contribution is 0.0414. The molecule has 0 spiro atoms. The fourth-order valence-corrected chi connectivity index (χ4v) is 5.03. The Kier molecular flexibility index (Phi) is 6.86. The van der Waals surface area contributed by atoms with Crippen molar-refractivity contribution in [3.05, 3.63) is 40.0 Å².